The van der Waals surface area contributed by atoms with Gasteiger partial charge in [0, 0.05) is 18.7 Å². The van der Waals surface area contributed by atoms with Gasteiger partial charge in [-0.25, -0.2) is 4.39 Å². The van der Waals surface area contributed by atoms with Crippen molar-refractivity contribution in [1.82, 2.24) is 4.90 Å². The zero-order valence-corrected chi connectivity index (χ0v) is 14.8. The summed E-state index contributed by atoms with van der Waals surface area (Å²) in [5, 5.41) is 1.86. The first-order chi connectivity index (χ1) is 12.5. The molecule has 2 heterocycles. The molecule has 1 fully saturated rings. The maximum absolute atomic E-state index is 12.9. The first kappa shape index (κ1) is 18.3. The van der Waals surface area contributed by atoms with E-state index in [9.17, 15) is 18.8 Å². The first-order valence-corrected chi connectivity index (χ1v) is 9.21. The second-order valence-corrected chi connectivity index (χ2v) is 7.03. The number of Topliss-reactive ketones (excluding diaryl/α,β-unsaturated/α-hetero) is 1. The molecule has 1 aliphatic rings. The van der Waals surface area contributed by atoms with Gasteiger partial charge in [0.25, 0.3) is 5.91 Å². The highest BCUT2D eigenvalue weighted by Crippen LogP contribution is 2.22. The molecule has 1 aromatic heterocycles. The molecule has 1 amide bonds. The van der Waals surface area contributed by atoms with Crippen LogP contribution in [0, 0.1) is 11.7 Å². The van der Waals surface area contributed by atoms with E-state index >= 15 is 0 Å². The van der Waals surface area contributed by atoms with Crippen molar-refractivity contribution >= 4 is 29.0 Å². The summed E-state index contributed by atoms with van der Waals surface area (Å²) in [4.78, 5) is 38.8. The van der Waals surface area contributed by atoms with Crippen molar-refractivity contribution < 1.29 is 23.5 Å². The fourth-order valence-electron chi connectivity index (χ4n) is 2.85. The number of nitrogens with zero attached hydrogens (tertiary/aromatic N) is 1. The molecular weight excluding hydrogens is 357 g/mol. The van der Waals surface area contributed by atoms with Gasteiger partial charge in [0.1, 0.15) is 5.82 Å². The number of carbonyl (C=O) groups excluding carboxylic acids is 3. The number of piperidine rings is 1. The van der Waals surface area contributed by atoms with Crippen LogP contribution in [-0.2, 0) is 9.53 Å². The predicted octanol–water partition coefficient (Wildman–Crippen LogP) is 3.17. The third-order valence-corrected chi connectivity index (χ3v) is 5.22. The molecule has 0 radical (unpaired) electrons. The lowest BCUT2D eigenvalue weighted by Crippen LogP contribution is -2.40. The van der Waals surface area contributed by atoms with Gasteiger partial charge in [0.2, 0.25) is 0 Å². The molecule has 0 N–H and O–H groups in total. The van der Waals surface area contributed by atoms with Gasteiger partial charge in [-0.1, -0.05) is 6.07 Å². The van der Waals surface area contributed by atoms with Crippen LogP contribution in [0.15, 0.2) is 41.8 Å². The van der Waals surface area contributed by atoms with Gasteiger partial charge in [0.15, 0.2) is 12.4 Å². The van der Waals surface area contributed by atoms with Crippen LogP contribution in [0.1, 0.15) is 32.9 Å². The van der Waals surface area contributed by atoms with Crippen molar-refractivity contribution in [2.24, 2.45) is 5.92 Å². The number of ketones is 1. The molecule has 5 nitrogen and oxygen atoms in total. The second kappa shape index (κ2) is 8.23. The van der Waals surface area contributed by atoms with Gasteiger partial charge in [-0.05, 0) is 48.6 Å². The fraction of sp³-hybridized carbons (Fsp3) is 0.316. The number of carbonyl (C=O) groups is 3. The number of ether oxygens (including phenoxy) is 1. The second-order valence-electron chi connectivity index (χ2n) is 6.08. The molecule has 1 aliphatic heterocycles. The van der Waals surface area contributed by atoms with E-state index in [1.54, 1.807) is 11.0 Å². The van der Waals surface area contributed by atoms with Crippen molar-refractivity contribution in [2.75, 3.05) is 19.7 Å². The molecule has 0 saturated carbocycles. The van der Waals surface area contributed by atoms with E-state index in [2.05, 4.69) is 0 Å². The summed E-state index contributed by atoms with van der Waals surface area (Å²) in [6.07, 6.45) is 1.03. The molecular formula is C19H18FNO4S. The zero-order chi connectivity index (χ0) is 18.5. The molecule has 0 spiro atoms. The third kappa shape index (κ3) is 4.35. The van der Waals surface area contributed by atoms with Gasteiger partial charge in [-0.3, -0.25) is 14.4 Å². The lowest BCUT2D eigenvalue weighted by atomic mass is 9.97. The van der Waals surface area contributed by atoms with E-state index in [1.165, 1.54) is 35.6 Å². The molecule has 0 aliphatic carbocycles. The number of likely N-dealkylation sites (tertiary alicyclic amines) is 1. The Morgan fingerprint density at radius 1 is 1.12 bits per heavy atom. The highest BCUT2D eigenvalue weighted by Gasteiger charge is 2.29. The van der Waals surface area contributed by atoms with Crippen molar-refractivity contribution in [2.45, 2.75) is 12.8 Å². The average molecular weight is 375 g/mol. The largest absolute Gasteiger partial charge is 0.457 e. The summed E-state index contributed by atoms with van der Waals surface area (Å²) in [6, 6.07) is 8.72. The standard InChI is InChI=1S/C19H18FNO4S/c20-15-5-3-13(4-6-15)16(22)12-25-19(24)14-7-9-21(10-8-14)18(23)17-2-1-11-26-17/h1-6,11,14H,7-10,12H2. The summed E-state index contributed by atoms with van der Waals surface area (Å²) >= 11 is 1.40. The Labute approximate surface area is 154 Å². The topological polar surface area (TPSA) is 63.7 Å². The van der Waals surface area contributed by atoms with Gasteiger partial charge < -0.3 is 9.64 Å². The number of rotatable bonds is 5. The Balaban J connectivity index is 1.45. The molecule has 1 aromatic carbocycles. The molecule has 7 heteroatoms. The number of benzene rings is 1. The van der Waals surface area contributed by atoms with E-state index in [1.807, 2.05) is 11.4 Å². The fourth-order valence-corrected chi connectivity index (χ4v) is 3.54. The molecule has 0 bridgehead atoms. The van der Waals surface area contributed by atoms with E-state index in [4.69, 9.17) is 4.74 Å². The number of hydrogen-bond acceptors (Lipinski definition) is 5. The smallest absolute Gasteiger partial charge is 0.309 e. The number of thiophene rings is 1. The molecule has 26 heavy (non-hydrogen) atoms. The molecule has 0 unspecified atom stereocenters. The van der Waals surface area contributed by atoms with Crippen LogP contribution in [0.2, 0.25) is 0 Å². The number of halogens is 1. The van der Waals surface area contributed by atoms with Crippen molar-refractivity contribution in [3.05, 3.63) is 58.0 Å². The van der Waals surface area contributed by atoms with Crippen LogP contribution in [0.5, 0.6) is 0 Å². The normalized spacial score (nSPS) is 14.9. The lowest BCUT2D eigenvalue weighted by molar-refractivity contribution is -0.148. The van der Waals surface area contributed by atoms with E-state index in [0.29, 0.717) is 36.4 Å². The maximum atomic E-state index is 12.9. The minimum absolute atomic E-state index is 0.0155. The summed E-state index contributed by atoms with van der Waals surface area (Å²) in [6.45, 7) is 0.615. The predicted molar refractivity (Wildman–Crippen MR) is 94.6 cm³/mol. The van der Waals surface area contributed by atoms with Crippen molar-refractivity contribution in [1.29, 1.82) is 0 Å². The van der Waals surface area contributed by atoms with Crippen LogP contribution in [0.25, 0.3) is 0 Å². The third-order valence-electron chi connectivity index (χ3n) is 4.36. The Kier molecular flexibility index (Phi) is 5.78. The van der Waals surface area contributed by atoms with Crippen molar-refractivity contribution in [3.63, 3.8) is 0 Å². The Hall–Kier alpha value is -2.54. The molecule has 2 aromatic rings. The van der Waals surface area contributed by atoms with Gasteiger partial charge in [0.05, 0.1) is 10.8 Å². The van der Waals surface area contributed by atoms with Gasteiger partial charge in [-0.2, -0.15) is 0 Å². The van der Waals surface area contributed by atoms with E-state index in [-0.39, 0.29) is 24.2 Å². The van der Waals surface area contributed by atoms with Crippen LogP contribution < -0.4 is 0 Å². The number of hydrogen-bond donors (Lipinski definition) is 0. The highest BCUT2D eigenvalue weighted by atomic mass is 32.1. The van der Waals surface area contributed by atoms with Crippen molar-refractivity contribution in [3.8, 4) is 0 Å². The molecule has 1 saturated heterocycles. The van der Waals surface area contributed by atoms with E-state index < -0.39 is 11.8 Å². The average Bonchev–Trinajstić information content (AvgIpc) is 3.20. The van der Waals surface area contributed by atoms with Crippen LogP contribution in [0.4, 0.5) is 4.39 Å². The summed E-state index contributed by atoms with van der Waals surface area (Å²) in [5.41, 5.74) is 0.301. The van der Waals surface area contributed by atoms with Gasteiger partial charge in [-0.15, -0.1) is 11.3 Å². The van der Waals surface area contributed by atoms with Crippen LogP contribution in [-0.4, -0.2) is 42.3 Å². The highest BCUT2D eigenvalue weighted by molar-refractivity contribution is 7.12. The van der Waals surface area contributed by atoms with Crippen LogP contribution in [0.3, 0.4) is 0 Å². The Morgan fingerprint density at radius 3 is 2.42 bits per heavy atom. The molecule has 0 atom stereocenters. The Bertz CT molecular complexity index is 780. The maximum Gasteiger partial charge on any atom is 0.309 e. The molecule has 3 rings (SSSR count). The first-order valence-electron chi connectivity index (χ1n) is 8.33. The summed E-state index contributed by atoms with van der Waals surface area (Å²) in [5.74, 6) is -1.56. The minimum Gasteiger partial charge on any atom is -0.457 e. The van der Waals surface area contributed by atoms with E-state index in [0.717, 1.165) is 0 Å². The zero-order valence-electron chi connectivity index (χ0n) is 14.0. The Morgan fingerprint density at radius 2 is 1.81 bits per heavy atom. The number of amides is 1. The summed E-state index contributed by atoms with van der Waals surface area (Å²) in [7, 11) is 0. The summed E-state index contributed by atoms with van der Waals surface area (Å²) < 4.78 is 18.0. The SMILES string of the molecule is O=C(COC(=O)C1CCN(C(=O)c2cccs2)CC1)c1ccc(F)cc1. The van der Waals surface area contributed by atoms with Gasteiger partial charge >= 0.3 is 5.97 Å². The quantitative estimate of drug-likeness (QED) is 0.595. The number of esters is 1. The monoisotopic (exact) mass is 375 g/mol. The van der Waals surface area contributed by atoms with Crippen LogP contribution >= 0.6 is 11.3 Å². The minimum atomic E-state index is -0.428. The molecule has 136 valence electrons. The lowest BCUT2D eigenvalue weighted by Gasteiger charge is -2.30.